The molecule has 0 aliphatic rings. The second kappa shape index (κ2) is 58.0. The van der Waals surface area contributed by atoms with Crippen LogP contribution in [0.4, 0.5) is 0 Å². The minimum absolute atomic E-state index is 0.0774. The van der Waals surface area contributed by atoms with Crippen molar-refractivity contribution in [1.29, 1.82) is 0 Å². The number of carbonyl (C=O) groups is 2. The van der Waals surface area contributed by atoms with Gasteiger partial charge in [0.2, 0.25) is 5.91 Å². The van der Waals surface area contributed by atoms with E-state index >= 15 is 0 Å². The lowest BCUT2D eigenvalue weighted by molar-refractivity contribution is -0.151. The van der Waals surface area contributed by atoms with E-state index in [1.165, 1.54) is 225 Å². The highest BCUT2D eigenvalue weighted by atomic mass is 16.5. The van der Waals surface area contributed by atoms with Crippen molar-refractivity contribution in [1.82, 2.24) is 5.32 Å². The number of aliphatic hydroxyl groups excluding tert-OH is 2. The van der Waals surface area contributed by atoms with Crippen LogP contribution in [0.3, 0.4) is 0 Å². The Balaban J connectivity index is 4.54. The molecule has 0 heterocycles. The average molecular weight is 985 g/mol. The average Bonchev–Trinajstić information content (AvgIpc) is 3.35. The Hall–Kier alpha value is -1.92. The highest BCUT2D eigenvalue weighted by molar-refractivity contribution is 5.77. The van der Waals surface area contributed by atoms with Crippen LogP contribution in [0, 0.1) is 0 Å². The first kappa shape index (κ1) is 68.1. The SMILES string of the molecule is CCCCC/C=C\C/C=C\C/C=C\CCCCCCCCC(=O)OC(CCCCCCCCCCCCCCCCCCC)CC(=O)NC(CO)C(O)CCCCCCCCCCCCCCCCC. The summed E-state index contributed by atoms with van der Waals surface area (Å²) in [5.41, 5.74) is 0. The van der Waals surface area contributed by atoms with Crippen molar-refractivity contribution in [3.63, 3.8) is 0 Å². The standard InChI is InChI=1S/C64H121NO5/c1-4-7-10-13-16-19-22-25-28-30-31-33-36-39-42-45-48-51-54-57-64(69)70-60(55-52-49-46-43-40-37-35-32-29-26-23-20-17-14-11-8-5-2)58-63(68)65-61(59-66)62(67)56-53-50-47-44-41-38-34-27-24-21-18-15-12-9-6-3/h16,19,25,28,31,33,60-62,66-67H,4-15,17-18,20-24,26-27,29-30,32,34-59H2,1-3H3,(H,65,68)/b19-16-,28-25-,33-31-. The fourth-order valence-electron chi connectivity index (χ4n) is 9.73. The molecular formula is C64H121NO5. The number of hydrogen-bond donors (Lipinski definition) is 3. The van der Waals surface area contributed by atoms with Gasteiger partial charge in [0.05, 0.1) is 25.2 Å². The van der Waals surface area contributed by atoms with Crippen LogP contribution in [-0.4, -0.2) is 46.9 Å². The van der Waals surface area contributed by atoms with Crippen molar-refractivity contribution in [2.45, 2.75) is 354 Å². The Morgan fingerprint density at radius 3 is 1.13 bits per heavy atom. The lowest BCUT2D eigenvalue weighted by Gasteiger charge is -2.24. The first-order valence-corrected chi connectivity index (χ1v) is 31.2. The van der Waals surface area contributed by atoms with Crippen LogP contribution < -0.4 is 5.32 Å². The molecule has 0 aromatic heterocycles. The molecule has 3 atom stereocenters. The number of unbranched alkanes of at least 4 members (excludes halogenated alkanes) is 39. The Morgan fingerprint density at radius 2 is 0.729 bits per heavy atom. The predicted octanol–water partition coefficient (Wildman–Crippen LogP) is 19.6. The fourth-order valence-corrected chi connectivity index (χ4v) is 9.73. The van der Waals surface area contributed by atoms with Gasteiger partial charge in [0.25, 0.3) is 0 Å². The van der Waals surface area contributed by atoms with Crippen LogP contribution in [0.2, 0.25) is 0 Å². The highest BCUT2D eigenvalue weighted by Crippen LogP contribution is 2.19. The zero-order valence-electron chi connectivity index (χ0n) is 47.2. The first-order chi connectivity index (χ1) is 34.5. The van der Waals surface area contributed by atoms with Crippen LogP contribution in [0.5, 0.6) is 0 Å². The number of nitrogens with one attached hydrogen (secondary N) is 1. The maximum Gasteiger partial charge on any atom is 0.306 e. The van der Waals surface area contributed by atoms with E-state index in [0.29, 0.717) is 19.3 Å². The van der Waals surface area contributed by atoms with Gasteiger partial charge in [0.15, 0.2) is 0 Å². The first-order valence-electron chi connectivity index (χ1n) is 31.2. The molecule has 412 valence electrons. The Morgan fingerprint density at radius 1 is 0.414 bits per heavy atom. The summed E-state index contributed by atoms with van der Waals surface area (Å²) in [6.45, 7) is 6.51. The lowest BCUT2D eigenvalue weighted by Crippen LogP contribution is -2.46. The second-order valence-corrected chi connectivity index (χ2v) is 21.5. The molecule has 0 saturated heterocycles. The van der Waals surface area contributed by atoms with Gasteiger partial charge in [0.1, 0.15) is 6.10 Å². The number of allylic oxidation sites excluding steroid dienone is 6. The molecule has 0 radical (unpaired) electrons. The Kier molecular flexibility index (Phi) is 56.4. The third kappa shape index (κ3) is 52.4. The maximum atomic E-state index is 13.3. The van der Waals surface area contributed by atoms with Gasteiger partial charge in [-0.1, -0.05) is 295 Å². The van der Waals surface area contributed by atoms with Crippen molar-refractivity contribution in [3.05, 3.63) is 36.5 Å². The smallest absolute Gasteiger partial charge is 0.306 e. The molecule has 3 unspecified atom stereocenters. The molecule has 0 aromatic rings. The van der Waals surface area contributed by atoms with E-state index in [2.05, 4.69) is 62.5 Å². The summed E-state index contributed by atoms with van der Waals surface area (Å²) in [4.78, 5) is 26.4. The van der Waals surface area contributed by atoms with Crippen molar-refractivity contribution in [2.24, 2.45) is 0 Å². The third-order valence-electron chi connectivity index (χ3n) is 14.5. The lowest BCUT2D eigenvalue weighted by atomic mass is 10.0. The quantitative estimate of drug-likeness (QED) is 0.0321. The van der Waals surface area contributed by atoms with Crippen LogP contribution in [0.1, 0.15) is 335 Å². The fraction of sp³-hybridized carbons (Fsp3) is 0.875. The van der Waals surface area contributed by atoms with Crippen LogP contribution in [0.15, 0.2) is 36.5 Å². The molecule has 1 amide bonds. The normalized spacial score (nSPS) is 13.3. The zero-order valence-corrected chi connectivity index (χ0v) is 47.2. The highest BCUT2D eigenvalue weighted by Gasteiger charge is 2.24. The largest absolute Gasteiger partial charge is 0.462 e. The van der Waals surface area contributed by atoms with E-state index in [1.807, 2.05) is 0 Å². The van der Waals surface area contributed by atoms with E-state index in [9.17, 15) is 19.8 Å². The molecule has 0 rings (SSSR count). The van der Waals surface area contributed by atoms with Crippen LogP contribution in [-0.2, 0) is 14.3 Å². The van der Waals surface area contributed by atoms with E-state index in [-0.39, 0.29) is 24.9 Å². The molecule has 6 nitrogen and oxygen atoms in total. The second-order valence-electron chi connectivity index (χ2n) is 21.5. The van der Waals surface area contributed by atoms with Gasteiger partial charge in [-0.2, -0.15) is 0 Å². The third-order valence-corrected chi connectivity index (χ3v) is 14.5. The summed E-state index contributed by atoms with van der Waals surface area (Å²) in [5.74, 6) is -0.467. The Bertz CT molecular complexity index is 1150. The molecule has 6 heteroatoms. The van der Waals surface area contributed by atoms with E-state index in [4.69, 9.17) is 4.74 Å². The van der Waals surface area contributed by atoms with E-state index in [0.717, 1.165) is 64.2 Å². The van der Waals surface area contributed by atoms with Crippen molar-refractivity contribution in [2.75, 3.05) is 6.61 Å². The number of hydrogen-bond acceptors (Lipinski definition) is 5. The van der Waals surface area contributed by atoms with Crippen molar-refractivity contribution in [3.8, 4) is 0 Å². The summed E-state index contributed by atoms with van der Waals surface area (Å²) < 4.78 is 5.98. The van der Waals surface area contributed by atoms with Crippen LogP contribution >= 0.6 is 0 Å². The molecule has 3 N–H and O–H groups in total. The van der Waals surface area contributed by atoms with Gasteiger partial charge in [-0.15, -0.1) is 0 Å². The minimum atomic E-state index is -0.789. The molecule has 0 aromatic carbocycles. The molecule has 0 spiro atoms. The van der Waals surface area contributed by atoms with E-state index in [1.54, 1.807) is 0 Å². The molecule has 0 bridgehead atoms. The number of aliphatic hydroxyl groups is 2. The molecular weight excluding hydrogens is 863 g/mol. The summed E-state index contributed by atoms with van der Waals surface area (Å²) in [6.07, 6.45) is 70.7. The number of amides is 1. The molecule has 0 aliphatic carbocycles. The van der Waals surface area contributed by atoms with Crippen molar-refractivity contribution < 1.29 is 24.5 Å². The summed E-state index contributed by atoms with van der Waals surface area (Å²) in [6, 6.07) is -0.702. The van der Waals surface area contributed by atoms with Gasteiger partial charge >= 0.3 is 5.97 Å². The minimum Gasteiger partial charge on any atom is -0.462 e. The van der Waals surface area contributed by atoms with Gasteiger partial charge < -0.3 is 20.3 Å². The van der Waals surface area contributed by atoms with E-state index < -0.39 is 18.2 Å². The predicted molar refractivity (Wildman–Crippen MR) is 306 cm³/mol. The zero-order chi connectivity index (χ0) is 50.9. The molecule has 0 aliphatic heterocycles. The molecule has 0 saturated carbocycles. The summed E-state index contributed by atoms with van der Waals surface area (Å²) in [5, 5.41) is 24.0. The van der Waals surface area contributed by atoms with Crippen molar-refractivity contribution >= 4 is 11.9 Å². The topological polar surface area (TPSA) is 95.9 Å². The maximum absolute atomic E-state index is 13.3. The monoisotopic (exact) mass is 984 g/mol. The Labute approximate surface area is 436 Å². The number of ether oxygens (including phenoxy) is 1. The van der Waals surface area contributed by atoms with Gasteiger partial charge in [0, 0.05) is 6.42 Å². The molecule has 70 heavy (non-hydrogen) atoms. The van der Waals surface area contributed by atoms with Gasteiger partial charge in [-0.25, -0.2) is 0 Å². The van der Waals surface area contributed by atoms with Crippen LogP contribution in [0.25, 0.3) is 0 Å². The number of rotatable bonds is 57. The summed E-state index contributed by atoms with van der Waals surface area (Å²) >= 11 is 0. The summed E-state index contributed by atoms with van der Waals surface area (Å²) in [7, 11) is 0. The van der Waals surface area contributed by atoms with Gasteiger partial charge in [-0.3, -0.25) is 9.59 Å². The molecule has 0 fully saturated rings. The van der Waals surface area contributed by atoms with Gasteiger partial charge in [-0.05, 0) is 64.2 Å². The number of esters is 1. The number of carbonyl (C=O) groups excluding carboxylic acids is 2.